The van der Waals surface area contributed by atoms with Crippen molar-refractivity contribution in [2.24, 2.45) is 0 Å². The number of carbonyl (C=O) groups excluding carboxylic acids is 1. The van der Waals surface area contributed by atoms with Crippen LogP contribution in [-0.4, -0.2) is 55.7 Å². The van der Waals surface area contributed by atoms with Crippen molar-refractivity contribution in [3.63, 3.8) is 0 Å². The number of amides is 1. The van der Waals surface area contributed by atoms with Gasteiger partial charge in [0.1, 0.15) is 6.61 Å². The highest BCUT2D eigenvalue weighted by Crippen LogP contribution is 2.28. The number of nitrogens with zero attached hydrogens (tertiary/aromatic N) is 2. The summed E-state index contributed by atoms with van der Waals surface area (Å²) in [7, 11) is 1.71. The third kappa shape index (κ3) is 8.57. The quantitative estimate of drug-likeness (QED) is 0.299. The number of pyridine rings is 1. The first-order valence-electron chi connectivity index (χ1n) is 13.3. The van der Waals surface area contributed by atoms with E-state index in [0.29, 0.717) is 30.3 Å². The van der Waals surface area contributed by atoms with E-state index in [0.717, 1.165) is 49.4 Å². The molecule has 0 aliphatic rings. The Morgan fingerprint density at radius 1 is 1.03 bits per heavy atom. The smallest absolute Gasteiger partial charge is 0.251 e. The first-order chi connectivity index (χ1) is 18.2. The largest absolute Gasteiger partial charge is 0.485 e. The summed E-state index contributed by atoms with van der Waals surface area (Å²) in [6.07, 6.45) is 2.61. The van der Waals surface area contributed by atoms with Crippen molar-refractivity contribution in [1.29, 1.82) is 0 Å². The van der Waals surface area contributed by atoms with Crippen LogP contribution in [0.3, 0.4) is 0 Å². The van der Waals surface area contributed by atoms with E-state index in [1.54, 1.807) is 13.3 Å². The van der Waals surface area contributed by atoms with E-state index >= 15 is 0 Å². The number of methoxy groups -OCH3 is 1. The van der Waals surface area contributed by atoms with Gasteiger partial charge in [-0.25, -0.2) is 4.98 Å². The minimum absolute atomic E-state index is 0.0755. The number of nitrogen functional groups attached to an aromatic ring is 1. The molecule has 1 amide bonds. The van der Waals surface area contributed by atoms with E-state index in [9.17, 15) is 4.79 Å². The summed E-state index contributed by atoms with van der Waals surface area (Å²) < 4.78 is 11.2. The Hall–Kier alpha value is -3.42. The Kier molecular flexibility index (Phi) is 10.7. The van der Waals surface area contributed by atoms with Gasteiger partial charge in [-0.2, -0.15) is 0 Å². The zero-order valence-corrected chi connectivity index (χ0v) is 23.4. The van der Waals surface area contributed by atoms with Gasteiger partial charge in [-0.05, 0) is 59.8 Å². The van der Waals surface area contributed by atoms with E-state index < -0.39 is 0 Å². The summed E-state index contributed by atoms with van der Waals surface area (Å²) in [5, 5.41) is 3.01. The van der Waals surface area contributed by atoms with Crippen molar-refractivity contribution in [1.82, 2.24) is 15.2 Å². The summed E-state index contributed by atoms with van der Waals surface area (Å²) >= 11 is 0. The van der Waals surface area contributed by atoms with Crippen molar-refractivity contribution >= 4 is 11.7 Å². The van der Waals surface area contributed by atoms with Gasteiger partial charge in [0, 0.05) is 37.5 Å². The van der Waals surface area contributed by atoms with Crippen LogP contribution in [0.25, 0.3) is 11.1 Å². The Balaban J connectivity index is 1.55. The van der Waals surface area contributed by atoms with Crippen molar-refractivity contribution in [2.45, 2.75) is 46.1 Å². The molecule has 0 unspecified atom stereocenters. The molecule has 1 aromatic heterocycles. The predicted octanol–water partition coefficient (Wildman–Crippen LogP) is 5.30. The number of likely N-dealkylation sites (N-methyl/N-ethyl adjacent to an activating group) is 1. The molecule has 0 aliphatic carbocycles. The van der Waals surface area contributed by atoms with Gasteiger partial charge >= 0.3 is 0 Å². The number of carbonyl (C=O) groups is 1. The number of rotatable bonds is 13. The average Bonchev–Trinajstić information content (AvgIpc) is 2.92. The lowest BCUT2D eigenvalue weighted by atomic mass is 9.87. The molecule has 7 heteroatoms. The second-order valence-corrected chi connectivity index (χ2v) is 10.5. The fraction of sp³-hybridized carbons (Fsp3) is 0.419. The Labute approximate surface area is 227 Å². The fourth-order valence-corrected chi connectivity index (χ4v) is 4.06. The van der Waals surface area contributed by atoms with Crippen LogP contribution in [0.4, 0.5) is 5.82 Å². The van der Waals surface area contributed by atoms with Gasteiger partial charge in [0.25, 0.3) is 5.91 Å². The van der Waals surface area contributed by atoms with E-state index in [2.05, 4.69) is 67.2 Å². The van der Waals surface area contributed by atoms with Crippen molar-refractivity contribution in [2.75, 3.05) is 45.6 Å². The minimum Gasteiger partial charge on any atom is -0.485 e. The Morgan fingerprint density at radius 3 is 2.37 bits per heavy atom. The summed E-state index contributed by atoms with van der Waals surface area (Å²) in [4.78, 5) is 19.2. The van der Waals surface area contributed by atoms with Crippen LogP contribution < -0.4 is 15.8 Å². The lowest BCUT2D eigenvalue weighted by molar-refractivity contribution is 0.0950. The molecule has 0 aliphatic heterocycles. The number of benzene rings is 2. The zero-order valence-electron chi connectivity index (χ0n) is 23.4. The fourth-order valence-electron chi connectivity index (χ4n) is 4.06. The monoisotopic (exact) mass is 518 g/mol. The molecule has 3 rings (SSSR count). The number of nitrogens with two attached hydrogens (primary N) is 1. The van der Waals surface area contributed by atoms with E-state index in [1.165, 1.54) is 5.56 Å². The Bertz CT molecular complexity index is 1160. The van der Waals surface area contributed by atoms with Gasteiger partial charge in [-0.15, -0.1) is 0 Å². The van der Waals surface area contributed by atoms with Gasteiger partial charge in [-0.3, -0.25) is 4.79 Å². The second-order valence-electron chi connectivity index (χ2n) is 10.5. The van der Waals surface area contributed by atoms with Crippen molar-refractivity contribution < 1.29 is 14.3 Å². The third-order valence-electron chi connectivity index (χ3n) is 6.57. The molecule has 0 atom stereocenters. The first-order valence-corrected chi connectivity index (χ1v) is 13.3. The highest BCUT2D eigenvalue weighted by Gasteiger charge is 2.13. The summed E-state index contributed by atoms with van der Waals surface area (Å²) in [5.74, 6) is 0.809. The van der Waals surface area contributed by atoms with Crippen LogP contribution in [0, 0.1) is 0 Å². The lowest BCUT2D eigenvalue weighted by Gasteiger charge is -2.19. The Morgan fingerprint density at radius 2 is 1.74 bits per heavy atom. The molecule has 0 spiro atoms. The zero-order chi connectivity index (χ0) is 27.5. The highest BCUT2D eigenvalue weighted by atomic mass is 16.5. The molecular weight excluding hydrogens is 476 g/mol. The van der Waals surface area contributed by atoms with Gasteiger partial charge in [0.2, 0.25) is 0 Å². The van der Waals surface area contributed by atoms with E-state index in [1.807, 2.05) is 30.3 Å². The molecule has 3 aromatic rings. The molecule has 0 saturated heterocycles. The van der Waals surface area contributed by atoms with Gasteiger partial charge in [-0.1, -0.05) is 64.1 Å². The molecule has 38 heavy (non-hydrogen) atoms. The van der Waals surface area contributed by atoms with Crippen LogP contribution >= 0.6 is 0 Å². The van der Waals surface area contributed by atoms with Crippen LogP contribution in [0.1, 0.15) is 55.6 Å². The first kappa shape index (κ1) is 29.1. The normalized spacial score (nSPS) is 11.5. The highest BCUT2D eigenvalue weighted by molar-refractivity contribution is 5.94. The number of ether oxygens (including phenoxy) is 2. The number of nitrogens with one attached hydrogen (secondary N) is 1. The molecule has 0 saturated carbocycles. The maximum atomic E-state index is 12.6. The molecule has 0 radical (unpaired) electrons. The number of hydrogen-bond acceptors (Lipinski definition) is 6. The molecular formula is C31H42N4O3. The predicted molar refractivity (Wildman–Crippen MR) is 154 cm³/mol. The molecule has 7 nitrogen and oxygen atoms in total. The summed E-state index contributed by atoms with van der Waals surface area (Å²) in [6.45, 7) is 13.3. The maximum Gasteiger partial charge on any atom is 0.251 e. The van der Waals surface area contributed by atoms with Gasteiger partial charge < -0.3 is 25.4 Å². The average molecular weight is 519 g/mol. The molecule has 204 valence electrons. The van der Waals surface area contributed by atoms with Gasteiger partial charge in [0.15, 0.2) is 11.6 Å². The second kappa shape index (κ2) is 13.9. The minimum atomic E-state index is -0.0755. The molecule has 1 heterocycles. The molecule has 2 aromatic carbocycles. The third-order valence-corrected chi connectivity index (χ3v) is 6.57. The lowest BCUT2D eigenvalue weighted by Crippen LogP contribution is -2.31. The standard InChI is InChI=1S/C31H42N4O3/c1-6-35(18-19-37-5)17-7-16-33-30(36)25-12-10-24(11-13-25)26-20-28(29(32)34-21-26)38-22-23-8-14-27(15-9-23)31(2,3)4/h8-15,20-21H,6-7,16-19,22H2,1-5H3,(H2,32,34)(H,33,36). The van der Waals surface area contributed by atoms with Crippen LogP contribution in [0.15, 0.2) is 60.8 Å². The maximum absolute atomic E-state index is 12.6. The number of aromatic nitrogens is 1. The number of anilines is 1. The van der Waals surface area contributed by atoms with Crippen LogP contribution in [-0.2, 0) is 16.8 Å². The van der Waals surface area contributed by atoms with E-state index in [4.69, 9.17) is 15.2 Å². The SMILES string of the molecule is CCN(CCCNC(=O)c1ccc(-c2cnc(N)c(OCc3ccc(C(C)(C)C)cc3)c2)cc1)CCOC. The summed E-state index contributed by atoms with van der Waals surface area (Å²) in [5.41, 5.74) is 11.0. The van der Waals surface area contributed by atoms with Gasteiger partial charge in [0.05, 0.1) is 6.61 Å². The topological polar surface area (TPSA) is 89.7 Å². The molecule has 3 N–H and O–H groups in total. The molecule has 0 bridgehead atoms. The number of hydrogen-bond donors (Lipinski definition) is 2. The van der Waals surface area contributed by atoms with Crippen LogP contribution in [0.2, 0.25) is 0 Å². The van der Waals surface area contributed by atoms with Crippen LogP contribution in [0.5, 0.6) is 5.75 Å². The summed E-state index contributed by atoms with van der Waals surface area (Å²) in [6, 6.07) is 17.8. The van der Waals surface area contributed by atoms with E-state index in [-0.39, 0.29) is 11.3 Å². The van der Waals surface area contributed by atoms with Crippen molar-refractivity contribution in [3.05, 3.63) is 77.5 Å². The molecule has 0 fully saturated rings. The van der Waals surface area contributed by atoms with Crippen molar-refractivity contribution in [3.8, 4) is 16.9 Å².